The molecule has 34 heavy (non-hydrogen) atoms. The molecule has 1 aromatic carbocycles. The second-order valence-electron chi connectivity index (χ2n) is 9.95. The van der Waals surface area contributed by atoms with E-state index in [-0.39, 0.29) is 17.4 Å². The number of amides is 1. The molecule has 2 aliphatic heterocycles. The third-order valence-corrected chi connectivity index (χ3v) is 7.88. The molecular weight excluding hydrogens is 476 g/mol. The Labute approximate surface area is 203 Å². The molecule has 0 radical (unpaired) electrons. The standard InChI is InChI=1S/C23H30N4O5S2/c1-23(2,3)20-11-14(9-10-27(20)22(28)29)21-24-18(13-33-21)17-12-19(32-25-17)15-7-5-6-8-16(15)26-34(4,30)31/h5-8,13-14,19-20,26H,9-12H2,1-4H3,(H,28,29). The van der Waals surface area contributed by atoms with Gasteiger partial charge in [-0.2, -0.15) is 0 Å². The van der Waals surface area contributed by atoms with E-state index >= 15 is 0 Å². The topological polar surface area (TPSA) is 121 Å². The number of likely N-dealkylation sites (tertiary alicyclic amines) is 1. The normalized spacial score (nSPS) is 23.4. The number of sulfonamides is 1. The van der Waals surface area contributed by atoms with Gasteiger partial charge in [-0.05, 0) is 24.3 Å². The number of nitrogens with one attached hydrogen (secondary N) is 1. The SMILES string of the molecule is CC(C)(C)C1CC(c2nc(C3=NOC(c4ccccc4NS(C)(=O)=O)C3)cs2)CCN1C(=O)O. The fourth-order valence-corrected chi connectivity index (χ4v) is 6.18. The number of piperidine rings is 1. The molecule has 184 valence electrons. The van der Waals surface area contributed by atoms with Crippen LogP contribution >= 0.6 is 11.3 Å². The maximum atomic E-state index is 11.7. The van der Waals surface area contributed by atoms with Crippen LogP contribution in [0.5, 0.6) is 0 Å². The number of para-hydroxylation sites is 1. The van der Waals surface area contributed by atoms with Crippen LogP contribution in [0.25, 0.3) is 0 Å². The smallest absolute Gasteiger partial charge is 0.407 e. The number of aromatic nitrogens is 1. The first kappa shape index (κ1) is 24.5. The fraction of sp³-hybridized carbons (Fsp3) is 0.522. The lowest BCUT2D eigenvalue weighted by Gasteiger charge is -2.44. The van der Waals surface area contributed by atoms with Crippen LogP contribution in [0.1, 0.15) is 68.3 Å². The first-order chi connectivity index (χ1) is 15.9. The summed E-state index contributed by atoms with van der Waals surface area (Å²) in [4.78, 5) is 23.8. The largest absolute Gasteiger partial charge is 0.465 e. The van der Waals surface area contributed by atoms with Crippen molar-refractivity contribution in [2.75, 3.05) is 17.5 Å². The van der Waals surface area contributed by atoms with Gasteiger partial charge in [-0.25, -0.2) is 18.2 Å². The van der Waals surface area contributed by atoms with Crippen LogP contribution in [0.3, 0.4) is 0 Å². The third-order valence-electron chi connectivity index (χ3n) is 6.29. The van der Waals surface area contributed by atoms with Crippen molar-refractivity contribution in [3.63, 3.8) is 0 Å². The van der Waals surface area contributed by atoms with E-state index in [1.165, 1.54) is 0 Å². The van der Waals surface area contributed by atoms with Gasteiger partial charge in [-0.15, -0.1) is 11.3 Å². The van der Waals surface area contributed by atoms with Gasteiger partial charge in [-0.1, -0.05) is 44.1 Å². The fourth-order valence-electron chi connectivity index (χ4n) is 4.61. The molecule has 1 fully saturated rings. The van der Waals surface area contributed by atoms with E-state index in [4.69, 9.17) is 9.82 Å². The van der Waals surface area contributed by atoms with Crippen LogP contribution in [0.4, 0.5) is 10.5 Å². The first-order valence-corrected chi connectivity index (χ1v) is 13.9. The second-order valence-corrected chi connectivity index (χ2v) is 12.6. The van der Waals surface area contributed by atoms with Gasteiger partial charge in [-0.3, -0.25) is 4.72 Å². The molecule has 9 nitrogen and oxygen atoms in total. The van der Waals surface area contributed by atoms with Crippen molar-refractivity contribution in [3.8, 4) is 0 Å². The number of hydrogen-bond donors (Lipinski definition) is 2. The summed E-state index contributed by atoms with van der Waals surface area (Å²) < 4.78 is 26.0. The van der Waals surface area contributed by atoms with Gasteiger partial charge in [0, 0.05) is 35.9 Å². The van der Waals surface area contributed by atoms with Gasteiger partial charge in [0.1, 0.15) is 5.71 Å². The molecule has 0 aliphatic carbocycles. The molecule has 1 saturated heterocycles. The minimum Gasteiger partial charge on any atom is -0.465 e. The van der Waals surface area contributed by atoms with Gasteiger partial charge in [0.15, 0.2) is 6.10 Å². The van der Waals surface area contributed by atoms with Gasteiger partial charge < -0.3 is 14.8 Å². The van der Waals surface area contributed by atoms with Crippen molar-refractivity contribution < 1.29 is 23.2 Å². The molecule has 1 amide bonds. The average Bonchev–Trinajstić information content (AvgIpc) is 3.42. The number of benzene rings is 1. The van der Waals surface area contributed by atoms with Crippen molar-refractivity contribution >= 4 is 38.9 Å². The highest BCUT2D eigenvalue weighted by atomic mass is 32.2. The lowest BCUT2D eigenvalue weighted by molar-refractivity contribution is 0.0525. The van der Waals surface area contributed by atoms with Crippen molar-refractivity contribution in [2.45, 2.75) is 58.1 Å². The van der Waals surface area contributed by atoms with E-state index in [9.17, 15) is 18.3 Å². The summed E-state index contributed by atoms with van der Waals surface area (Å²) in [5.41, 5.74) is 2.50. The van der Waals surface area contributed by atoms with Crippen molar-refractivity contribution in [1.29, 1.82) is 0 Å². The van der Waals surface area contributed by atoms with Crippen molar-refractivity contribution in [3.05, 3.63) is 45.9 Å². The van der Waals surface area contributed by atoms with Crippen LogP contribution < -0.4 is 4.72 Å². The predicted octanol–water partition coefficient (Wildman–Crippen LogP) is 4.65. The number of carbonyl (C=O) groups is 1. The summed E-state index contributed by atoms with van der Waals surface area (Å²) in [6.07, 6.45) is 1.79. The number of carboxylic acid groups (broad SMARTS) is 1. The lowest BCUT2D eigenvalue weighted by Crippen LogP contribution is -2.51. The Morgan fingerprint density at radius 1 is 1.29 bits per heavy atom. The van der Waals surface area contributed by atoms with Crippen LogP contribution in [-0.2, 0) is 14.9 Å². The maximum Gasteiger partial charge on any atom is 0.407 e. The molecule has 2 N–H and O–H groups in total. The summed E-state index contributed by atoms with van der Waals surface area (Å²) in [5, 5.41) is 16.8. The molecule has 3 unspecified atom stereocenters. The van der Waals surface area contributed by atoms with E-state index in [0.29, 0.717) is 18.7 Å². The highest BCUT2D eigenvalue weighted by Gasteiger charge is 2.40. The van der Waals surface area contributed by atoms with Crippen LogP contribution in [0.15, 0.2) is 34.8 Å². The Hall–Kier alpha value is -2.66. The molecule has 0 bridgehead atoms. The van der Waals surface area contributed by atoms with E-state index < -0.39 is 22.2 Å². The molecule has 2 aromatic rings. The number of anilines is 1. The molecule has 2 aliphatic rings. The van der Waals surface area contributed by atoms with Crippen LogP contribution in [0.2, 0.25) is 0 Å². The van der Waals surface area contributed by atoms with Crippen LogP contribution in [0, 0.1) is 5.41 Å². The summed E-state index contributed by atoms with van der Waals surface area (Å²) in [5.74, 6) is 0.192. The zero-order chi connectivity index (χ0) is 24.7. The highest BCUT2D eigenvalue weighted by molar-refractivity contribution is 7.92. The number of nitrogens with zero attached hydrogens (tertiary/aromatic N) is 3. The van der Waals surface area contributed by atoms with Crippen molar-refractivity contribution in [1.82, 2.24) is 9.88 Å². The summed E-state index contributed by atoms with van der Waals surface area (Å²) in [6, 6.07) is 7.05. The summed E-state index contributed by atoms with van der Waals surface area (Å²) in [7, 11) is -3.42. The van der Waals surface area contributed by atoms with Gasteiger partial charge >= 0.3 is 6.09 Å². The Bertz CT molecular complexity index is 1200. The minimum absolute atomic E-state index is 0.0773. The zero-order valence-electron chi connectivity index (χ0n) is 19.7. The Morgan fingerprint density at radius 3 is 2.71 bits per heavy atom. The summed E-state index contributed by atoms with van der Waals surface area (Å²) >= 11 is 1.57. The van der Waals surface area contributed by atoms with E-state index in [0.717, 1.165) is 41.1 Å². The van der Waals surface area contributed by atoms with E-state index in [1.807, 2.05) is 17.5 Å². The Balaban J connectivity index is 1.48. The molecule has 11 heteroatoms. The number of hydrogen-bond acceptors (Lipinski definition) is 7. The third kappa shape index (κ3) is 5.35. The average molecular weight is 507 g/mol. The molecule has 3 atom stereocenters. The number of rotatable bonds is 5. The quantitative estimate of drug-likeness (QED) is 0.609. The molecule has 3 heterocycles. The Kier molecular flexibility index (Phi) is 6.61. The molecular formula is C23H30N4O5S2. The zero-order valence-corrected chi connectivity index (χ0v) is 21.3. The Morgan fingerprint density at radius 2 is 2.03 bits per heavy atom. The minimum atomic E-state index is -3.42. The van der Waals surface area contributed by atoms with E-state index in [1.54, 1.807) is 28.4 Å². The molecule has 4 rings (SSSR count). The lowest BCUT2D eigenvalue weighted by atomic mass is 9.77. The maximum absolute atomic E-state index is 11.7. The number of thiazole rings is 1. The monoisotopic (exact) mass is 506 g/mol. The van der Waals surface area contributed by atoms with Gasteiger partial charge in [0.2, 0.25) is 10.0 Å². The molecule has 0 saturated carbocycles. The van der Waals surface area contributed by atoms with Gasteiger partial charge in [0.05, 0.1) is 22.6 Å². The number of oxime groups is 1. The van der Waals surface area contributed by atoms with Crippen molar-refractivity contribution in [2.24, 2.45) is 10.6 Å². The first-order valence-electron chi connectivity index (χ1n) is 11.2. The molecule has 0 spiro atoms. The van der Waals surface area contributed by atoms with Gasteiger partial charge in [0.25, 0.3) is 0 Å². The van der Waals surface area contributed by atoms with E-state index in [2.05, 4.69) is 30.6 Å². The summed E-state index contributed by atoms with van der Waals surface area (Å²) in [6.45, 7) is 6.71. The van der Waals surface area contributed by atoms with Crippen LogP contribution in [-0.4, -0.2) is 54.1 Å². The second kappa shape index (κ2) is 9.18. The predicted molar refractivity (Wildman–Crippen MR) is 132 cm³/mol. The highest BCUT2D eigenvalue weighted by Crippen LogP contribution is 2.41. The molecule has 1 aromatic heterocycles.